The van der Waals surface area contributed by atoms with Crippen LogP contribution in [0.25, 0.3) is 0 Å². The Morgan fingerprint density at radius 2 is 2.04 bits per heavy atom. The smallest absolute Gasteiger partial charge is 0.0717 e. The second-order valence-electron chi connectivity index (χ2n) is 7.49. The molecule has 148 valence electrons. The first-order chi connectivity index (χ1) is 12.8. The molecule has 0 spiro atoms. The number of hydrogen-bond acceptors (Lipinski definition) is 4. The maximum atomic E-state index is 6.09. The third-order valence-electron chi connectivity index (χ3n) is 5.47. The number of ether oxygens (including phenoxy) is 2. The highest BCUT2D eigenvalue weighted by atomic mass is 16.5. The van der Waals surface area contributed by atoms with E-state index in [2.05, 4.69) is 54.6 Å². The Labute approximate surface area is 160 Å². The first-order valence-electron chi connectivity index (χ1n) is 10.4. The van der Waals surface area contributed by atoms with E-state index in [-0.39, 0.29) is 0 Å². The molecule has 1 heterocycles. The SMILES string of the molecule is CCCC[C@@H](NN1CCC[C@H]1COC)[C@@H](CC)COCc1ccccc1. The van der Waals surface area contributed by atoms with Crippen LogP contribution in [0.15, 0.2) is 30.3 Å². The fourth-order valence-corrected chi connectivity index (χ4v) is 3.83. The Bertz CT molecular complexity index is 468. The second kappa shape index (κ2) is 12.4. The molecule has 4 nitrogen and oxygen atoms in total. The van der Waals surface area contributed by atoms with Crippen LogP contribution in [0.3, 0.4) is 0 Å². The van der Waals surface area contributed by atoms with Gasteiger partial charge in [0.15, 0.2) is 0 Å². The van der Waals surface area contributed by atoms with Crippen molar-refractivity contribution in [3.8, 4) is 0 Å². The minimum atomic E-state index is 0.480. The van der Waals surface area contributed by atoms with Crippen LogP contribution >= 0.6 is 0 Å². The summed E-state index contributed by atoms with van der Waals surface area (Å²) < 4.78 is 11.5. The van der Waals surface area contributed by atoms with E-state index in [4.69, 9.17) is 9.47 Å². The van der Waals surface area contributed by atoms with Gasteiger partial charge in [0, 0.05) is 25.7 Å². The lowest BCUT2D eigenvalue weighted by molar-refractivity contribution is 0.0273. The molecule has 0 aliphatic carbocycles. The lowest BCUT2D eigenvalue weighted by Crippen LogP contribution is -2.51. The molecule has 1 aliphatic heterocycles. The van der Waals surface area contributed by atoms with Crippen molar-refractivity contribution < 1.29 is 9.47 Å². The van der Waals surface area contributed by atoms with Crippen LogP contribution in [0.5, 0.6) is 0 Å². The summed E-state index contributed by atoms with van der Waals surface area (Å²) in [5.74, 6) is 0.536. The van der Waals surface area contributed by atoms with Crippen molar-refractivity contribution in [3.05, 3.63) is 35.9 Å². The molecule has 26 heavy (non-hydrogen) atoms. The summed E-state index contributed by atoms with van der Waals surface area (Å²) in [4.78, 5) is 0. The van der Waals surface area contributed by atoms with Gasteiger partial charge in [0.25, 0.3) is 0 Å². The third kappa shape index (κ3) is 6.99. The van der Waals surface area contributed by atoms with Gasteiger partial charge < -0.3 is 9.47 Å². The highest BCUT2D eigenvalue weighted by molar-refractivity contribution is 5.13. The summed E-state index contributed by atoms with van der Waals surface area (Å²) in [5, 5.41) is 2.43. The number of benzene rings is 1. The van der Waals surface area contributed by atoms with Crippen molar-refractivity contribution in [3.63, 3.8) is 0 Å². The number of nitrogens with one attached hydrogen (secondary N) is 1. The number of methoxy groups -OCH3 is 1. The lowest BCUT2D eigenvalue weighted by atomic mass is 9.93. The first-order valence-corrected chi connectivity index (χ1v) is 10.4. The van der Waals surface area contributed by atoms with Gasteiger partial charge >= 0.3 is 0 Å². The Hall–Kier alpha value is -0.940. The summed E-state index contributed by atoms with van der Waals surface area (Å²) in [5.41, 5.74) is 5.11. The fraction of sp³-hybridized carbons (Fsp3) is 0.727. The van der Waals surface area contributed by atoms with Crippen LogP contribution in [0.2, 0.25) is 0 Å². The van der Waals surface area contributed by atoms with Crippen molar-refractivity contribution in [2.24, 2.45) is 5.92 Å². The second-order valence-corrected chi connectivity index (χ2v) is 7.49. The molecule has 1 fully saturated rings. The molecule has 0 saturated carbocycles. The molecule has 1 aliphatic rings. The minimum Gasteiger partial charge on any atom is -0.383 e. The molecule has 3 atom stereocenters. The number of hydrogen-bond donors (Lipinski definition) is 1. The predicted molar refractivity (Wildman–Crippen MR) is 108 cm³/mol. The maximum Gasteiger partial charge on any atom is 0.0717 e. The quantitative estimate of drug-likeness (QED) is 0.564. The van der Waals surface area contributed by atoms with Gasteiger partial charge in [0.2, 0.25) is 0 Å². The zero-order chi connectivity index (χ0) is 18.6. The van der Waals surface area contributed by atoms with Gasteiger partial charge in [-0.3, -0.25) is 5.43 Å². The molecule has 2 rings (SSSR count). The molecular formula is C22H38N2O2. The molecule has 4 heteroatoms. The minimum absolute atomic E-state index is 0.480. The number of rotatable bonds is 13. The molecule has 0 unspecified atom stereocenters. The van der Waals surface area contributed by atoms with Crippen LogP contribution in [0.4, 0.5) is 0 Å². The first kappa shape index (κ1) is 21.4. The summed E-state index contributed by atoms with van der Waals surface area (Å²) in [6.45, 7) is 8.01. The van der Waals surface area contributed by atoms with Crippen LogP contribution < -0.4 is 5.43 Å². The average molecular weight is 363 g/mol. The monoisotopic (exact) mass is 362 g/mol. The van der Waals surface area contributed by atoms with Crippen LogP contribution in [-0.2, 0) is 16.1 Å². The molecular weight excluding hydrogens is 324 g/mol. The van der Waals surface area contributed by atoms with Gasteiger partial charge in [0.05, 0.1) is 19.8 Å². The summed E-state index contributed by atoms with van der Waals surface area (Å²) in [7, 11) is 1.80. The summed E-state index contributed by atoms with van der Waals surface area (Å²) in [6.07, 6.45) is 7.32. The number of hydrazine groups is 1. The van der Waals surface area contributed by atoms with E-state index in [0.717, 1.165) is 26.2 Å². The van der Waals surface area contributed by atoms with Crippen molar-refractivity contribution in [2.45, 2.75) is 71.1 Å². The Morgan fingerprint density at radius 1 is 1.23 bits per heavy atom. The third-order valence-corrected chi connectivity index (χ3v) is 5.47. The topological polar surface area (TPSA) is 33.7 Å². The highest BCUT2D eigenvalue weighted by Gasteiger charge is 2.29. The van der Waals surface area contributed by atoms with E-state index < -0.39 is 0 Å². The van der Waals surface area contributed by atoms with Crippen molar-refractivity contribution in [2.75, 3.05) is 26.9 Å². The van der Waals surface area contributed by atoms with Gasteiger partial charge in [0.1, 0.15) is 0 Å². The van der Waals surface area contributed by atoms with Crippen molar-refractivity contribution in [1.29, 1.82) is 0 Å². The average Bonchev–Trinajstić information content (AvgIpc) is 3.10. The van der Waals surface area contributed by atoms with E-state index >= 15 is 0 Å². The largest absolute Gasteiger partial charge is 0.383 e. The number of unbranched alkanes of at least 4 members (excludes halogenated alkanes) is 1. The van der Waals surface area contributed by atoms with Crippen LogP contribution in [-0.4, -0.2) is 44.0 Å². The molecule has 1 aromatic carbocycles. The Kier molecular flexibility index (Phi) is 10.2. The number of nitrogens with zero attached hydrogens (tertiary/aromatic N) is 1. The maximum absolute atomic E-state index is 6.09. The van der Waals surface area contributed by atoms with Gasteiger partial charge in [-0.25, -0.2) is 5.01 Å². The zero-order valence-corrected chi connectivity index (χ0v) is 17.0. The van der Waals surface area contributed by atoms with E-state index in [0.29, 0.717) is 24.6 Å². The molecule has 0 amide bonds. The molecule has 1 N–H and O–H groups in total. The van der Waals surface area contributed by atoms with Gasteiger partial charge in [-0.15, -0.1) is 0 Å². The highest BCUT2D eigenvalue weighted by Crippen LogP contribution is 2.21. The standard InChI is InChI=1S/C22H38N2O2/c1-4-6-14-22(23-24-15-10-13-21(24)18-25-3)20(5-2)17-26-16-19-11-8-7-9-12-19/h7-9,11-12,20-23H,4-6,10,13-18H2,1-3H3/t20-,21-,22+/m0/s1. The lowest BCUT2D eigenvalue weighted by Gasteiger charge is -2.34. The van der Waals surface area contributed by atoms with Gasteiger partial charge in [-0.05, 0) is 37.2 Å². The molecule has 1 saturated heterocycles. The van der Waals surface area contributed by atoms with Gasteiger partial charge in [-0.1, -0.05) is 57.0 Å². The van der Waals surface area contributed by atoms with E-state index in [9.17, 15) is 0 Å². The van der Waals surface area contributed by atoms with E-state index in [1.165, 1.54) is 37.7 Å². The summed E-state index contributed by atoms with van der Waals surface area (Å²) >= 11 is 0. The Morgan fingerprint density at radius 3 is 2.73 bits per heavy atom. The molecule has 0 aromatic heterocycles. The van der Waals surface area contributed by atoms with Crippen molar-refractivity contribution in [1.82, 2.24) is 10.4 Å². The molecule has 1 aromatic rings. The fourth-order valence-electron chi connectivity index (χ4n) is 3.83. The van der Waals surface area contributed by atoms with E-state index in [1.807, 2.05) is 0 Å². The van der Waals surface area contributed by atoms with Crippen LogP contribution in [0, 0.1) is 5.92 Å². The Balaban J connectivity index is 1.89. The summed E-state index contributed by atoms with van der Waals surface area (Å²) in [6, 6.07) is 11.5. The van der Waals surface area contributed by atoms with Crippen molar-refractivity contribution >= 4 is 0 Å². The normalized spacial score (nSPS) is 20.3. The van der Waals surface area contributed by atoms with Crippen LogP contribution in [0.1, 0.15) is 57.9 Å². The molecule has 0 radical (unpaired) electrons. The van der Waals surface area contributed by atoms with E-state index in [1.54, 1.807) is 7.11 Å². The predicted octanol–water partition coefficient (Wildman–Crippen LogP) is 4.40. The van der Waals surface area contributed by atoms with Gasteiger partial charge in [-0.2, -0.15) is 0 Å². The zero-order valence-electron chi connectivity index (χ0n) is 17.0. The molecule has 0 bridgehead atoms.